The van der Waals surface area contributed by atoms with E-state index >= 15 is 0 Å². The normalized spacial score (nSPS) is 14.9. The molecule has 0 saturated carbocycles. The smallest absolute Gasteiger partial charge is 0.222 e. The van der Waals surface area contributed by atoms with Crippen molar-refractivity contribution < 1.29 is 4.79 Å². The van der Waals surface area contributed by atoms with Gasteiger partial charge >= 0.3 is 0 Å². The van der Waals surface area contributed by atoms with E-state index in [2.05, 4.69) is 29.4 Å². The average molecular weight is 422 g/mol. The van der Waals surface area contributed by atoms with Gasteiger partial charge in [-0.2, -0.15) is 10.4 Å². The third-order valence-electron chi connectivity index (χ3n) is 6.06. The number of fused-ring (bicyclic) bond motifs is 1. The average Bonchev–Trinajstić information content (AvgIpc) is 3.31. The molecular weight excluding hydrogens is 394 g/mol. The third kappa shape index (κ3) is 4.24. The molecule has 0 aliphatic carbocycles. The molecule has 0 N–H and O–H groups in total. The lowest BCUT2D eigenvalue weighted by Crippen LogP contribution is -2.38. The number of hydrogen-bond donors (Lipinski definition) is 0. The molecule has 0 spiro atoms. The number of nitriles is 1. The van der Waals surface area contributed by atoms with E-state index < -0.39 is 0 Å². The number of nitrogens with zero attached hydrogens (tertiary/aromatic N) is 5. The van der Waals surface area contributed by atoms with Gasteiger partial charge in [-0.05, 0) is 50.8 Å². The topological polar surface area (TPSA) is 74.8 Å². The van der Waals surface area contributed by atoms with Crippen LogP contribution in [0.3, 0.4) is 0 Å². The molecule has 1 aliphatic heterocycles. The van der Waals surface area contributed by atoms with Crippen LogP contribution in [0.5, 0.6) is 0 Å². The Morgan fingerprint density at radius 2 is 2.03 bits per heavy atom. The fourth-order valence-electron chi connectivity index (χ4n) is 4.30. The first-order chi connectivity index (χ1) is 14.6. The number of hydrogen-bond acceptors (Lipinski definition) is 5. The van der Waals surface area contributed by atoms with Crippen molar-refractivity contribution in [2.45, 2.75) is 58.4 Å². The molecule has 3 heterocycles. The maximum absolute atomic E-state index is 12.8. The Balaban J connectivity index is 1.32. The number of carbonyl (C=O) groups excluding carboxylic acids is 1. The summed E-state index contributed by atoms with van der Waals surface area (Å²) in [5, 5.41) is 14.5. The second-order valence-corrected chi connectivity index (χ2v) is 9.02. The number of piperidine rings is 1. The number of likely N-dealkylation sites (tertiary alicyclic amines) is 1. The predicted octanol–water partition coefficient (Wildman–Crippen LogP) is 4.36. The van der Waals surface area contributed by atoms with Gasteiger partial charge in [-0.1, -0.05) is 12.1 Å². The van der Waals surface area contributed by atoms with Crippen LogP contribution in [0, 0.1) is 25.2 Å². The number of rotatable bonds is 6. The fourth-order valence-corrected chi connectivity index (χ4v) is 5.44. The highest BCUT2D eigenvalue weighted by Crippen LogP contribution is 2.34. The van der Waals surface area contributed by atoms with Gasteiger partial charge < -0.3 is 4.90 Å². The van der Waals surface area contributed by atoms with Crippen LogP contribution in [-0.2, 0) is 17.8 Å². The lowest BCUT2D eigenvalue weighted by atomic mass is 9.97. The van der Waals surface area contributed by atoms with Crippen molar-refractivity contribution in [1.82, 2.24) is 19.7 Å². The van der Waals surface area contributed by atoms with Crippen molar-refractivity contribution in [3.63, 3.8) is 0 Å². The summed E-state index contributed by atoms with van der Waals surface area (Å²) < 4.78 is 3.13. The van der Waals surface area contributed by atoms with Crippen molar-refractivity contribution in [3.05, 3.63) is 46.2 Å². The van der Waals surface area contributed by atoms with Gasteiger partial charge in [0.2, 0.25) is 5.91 Å². The van der Waals surface area contributed by atoms with Gasteiger partial charge in [0.15, 0.2) is 0 Å². The Morgan fingerprint density at radius 1 is 1.27 bits per heavy atom. The van der Waals surface area contributed by atoms with E-state index in [4.69, 9.17) is 10.2 Å². The standard InChI is InChI=1S/C23H27N5OS/c1-16-19(17(2)28(26-16)13-5-12-24)8-9-22(29)27-14-10-18(11-15-27)23-25-20-6-3-4-7-21(20)30-23/h3-4,6-7,18H,5,8-11,13-15H2,1-2H3. The summed E-state index contributed by atoms with van der Waals surface area (Å²) in [4.78, 5) is 19.6. The predicted molar refractivity (Wildman–Crippen MR) is 118 cm³/mol. The molecule has 2 aromatic heterocycles. The molecule has 6 nitrogen and oxygen atoms in total. The van der Waals surface area contributed by atoms with Crippen LogP contribution >= 0.6 is 11.3 Å². The zero-order valence-electron chi connectivity index (χ0n) is 17.6. The van der Waals surface area contributed by atoms with Crippen molar-refractivity contribution in [1.29, 1.82) is 5.26 Å². The van der Waals surface area contributed by atoms with Crippen LogP contribution in [-0.4, -0.2) is 38.7 Å². The fraction of sp³-hybridized carbons (Fsp3) is 0.478. The minimum absolute atomic E-state index is 0.223. The molecule has 0 atom stereocenters. The van der Waals surface area contributed by atoms with E-state index in [1.807, 2.05) is 29.5 Å². The molecule has 3 aromatic rings. The highest BCUT2D eigenvalue weighted by molar-refractivity contribution is 7.18. The van der Waals surface area contributed by atoms with Crippen LogP contribution in [0.2, 0.25) is 0 Å². The maximum Gasteiger partial charge on any atom is 0.222 e. The van der Waals surface area contributed by atoms with E-state index in [0.717, 1.165) is 48.4 Å². The summed E-state index contributed by atoms with van der Waals surface area (Å²) in [7, 11) is 0. The second-order valence-electron chi connectivity index (χ2n) is 7.96. The molecule has 1 saturated heterocycles. The number of thiazole rings is 1. The van der Waals surface area contributed by atoms with Crippen LogP contribution in [0.15, 0.2) is 24.3 Å². The molecule has 0 bridgehead atoms. The number of aryl methyl sites for hydroxylation is 2. The van der Waals surface area contributed by atoms with E-state index in [0.29, 0.717) is 31.7 Å². The SMILES string of the molecule is Cc1nn(CCC#N)c(C)c1CCC(=O)N1CCC(c2nc3ccccc3s2)CC1. The molecule has 4 rings (SSSR count). The Hall–Kier alpha value is -2.72. The van der Waals surface area contributed by atoms with E-state index in [9.17, 15) is 4.79 Å². The first-order valence-electron chi connectivity index (χ1n) is 10.6. The van der Waals surface area contributed by atoms with Crippen LogP contribution in [0.4, 0.5) is 0 Å². The summed E-state index contributed by atoms with van der Waals surface area (Å²) in [6.07, 6.45) is 3.63. The van der Waals surface area contributed by atoms with Gasteiger partial charge in [0.05, 0.1) is 40.0 Å². The molecule has 1 fully saturated rings. The molecule has 156 valence electrons. The molecule has 1 amide bonds. The van der Waals surface area contributed by atoms with Gasteiger partial charge in [-0.25, -0.2) is 4.98 Å². The lowest BCUT2D eigenvalue weighted by Gasteiger charge is -2.31. The first-order valence-corrected chi connectivity index (χ1v) is 11.4. The molecule has 0 radical (unpaired) electrons. The third-order valence-corrected chi connectivity index (χ3v) is 7.26. The number of aromatic nitrogens is 3. The molecule has 30 heavy (non-hydrogen) atoms. The Morgan fingerprint density at radius 3 is 2.77 bits per heavy atom. The quantitative estimate of drug-likeness (QED) is 0.593. The number of amides is 1. The summed E-state index contributed by atoms with van der Waals surface area (Å²) >= 11 is 1.79. The largest absolute Gasteiger partial charge is 0.343 e. The van der Waals surface area contributed by atoms with Gasteiger partial charge in [-0.15, -0.1) is 11.3 Å². The highest BCUT2D eigenvalue weighted by Gasteiger charge is 2.26. The van der Waals surface area contributed by atoms with Crippen molar-refractivity contribution in [2.75, 3.05) is 13.1 Å². The minimum atomic E-state index is 0.223. The zero-order valence-corrected chi connectivity index (χ0v) is 18.4. The highest BCUT2D eigenvalue weighted by atomic mass is 32.1. The monoisotopic (exact) mass is 421 g/mol. The lowest BCUT2D eigenvalue weighted by molar-refractivity contribution is -0.132. The number of carbonyl (C=O) groups is 1. The Kier molecular flexibility index (Phi) is 6.14. The maximum atomic E-state index is 12.8. The zero-order chi connectivity index (χ0) is 21.1. The molecule has 7 heteroatoms. The number of benzene rings is 1. The van der Waals surface area contributed by atoms with Gasteiger partial charge in [-0.3, -0.25) is 9.48 Å². The molecule has 0 unspecified atom stereocenters. The first kappa shape index (κ1) is 20.5. The summed E-state index contributed by atoms with van der Waals surface area (Å²) in [5.74, 6) is 0.677. The van der Waals surface area contributed by atoms with Crippen LogP contribution in [0.25, 0.3) is 10.2 Å². The summed E-state index contributed by atoms with van der Waals surface area (Å²) in [6.45, 7) is 6.23. The minimum Gasteiger partial charge on any atom is -0.343 e. The van der Waals surface area contributed by atoms with Crippen LogP contribution in [0.1, 0.15) is 53.6 Å². The van der Waals surface area contributed by atoms with Gasteiger partial charge in [0, 0.05) is 31.1 Å². The van der Waals surface area contributed by atoms with Crippen LogP contribution < -0.4 is 0 Å². The Labute approximate surface area is 181 Å². The molecule has 1 aromatic carbocycles. The van der Waals surface area contributed by atoms with E-state index in [-0.39, 0.29) is 5.91 Å². The second kappa shape index (κ2) is 8.97. The molecular formula is C23H27N5OS. The van der Waals surface area contributed by atoms with Crippen molar-refractivity contribution >= 4 is 27.5 Å². The van der Waals surface area contributed by atoms with Gasteiger partial charge in [0.1, 0.15) is 0 Å². The summed E-state index contributed by atoms with van der Waals surface area (Å²) in [5.41, 5.74) is 4.26. The number of para-hydroxylation sites is 1. The van der Waals surface area contributed by atoms with Crippen molar-refractivity contribution in [3.8, 4) is 6.07 Å². The van der Waals surface area contributed by atoms with E-state index in [1.54, 1.807) is 11.3 Å². The van der Waals surface area contributed by atoms with E-state index in [1.165, 1.54) is 9.71 Å². The molecule has 1 aliphatic rings. The Bertz CT molecular complexity index is 1050. The van der Waals surface area contributed by atoms with Crippen molar-refractivity contribution in [2.24, 2.45) is 0 Å². The van der Waals surface area contributed by atoms with Gasteiger partial charge in [0.25, 0.3) is 0 Å². The summed E-state index contributed by atoms with van der Waals surface area (Å²) in [6, 6.07) is 10.4.